The number of hydrogen-bond acceptors (Lipinski definition) is 3. The van der Waals surface area contributed by atoms with Gasteiger partial charge in [0.05, 0.1) is 0 Å². The molecule has 2 rings (SSSR count). The van der Waals surface area contributed by atoms with Crippen molar-refractivity contribution < 1.29 is 4.39 Å². The summed E-state index contributed by atoms with van der Waals surface area (Å²) in [6.45, 7) is 4.50. The van der Waals surface area contributed by atoms with Gasteiger partial charge in [0, 0.05) is 24.2 Å². The zero-order valence-electron chi connectivity index (χ0n) is 11.2. The highest BCUT2D eigenvalue weighted by atomic mass is 19.1. The number of pyridine rings is 1. The maximum absolute atomic E-state index is 14.9. The van der Waals surface area contributed by atoms with Crippen molar-refractivity contribution in [2.24, 2.45) is 0 Å². The molecule has 100 valence electrons. The highest BCUT2D eigenvalue weighted by molar-refractivity contribution is 5.44. The molecule has 1 aliphatic heterocycles. The zero-order chi connectivity index (χ0) is 13.2. The summed E-state index contributed by atoms with van der Waals surface area (Å²) in [6, 6.07) is 2.05. The number of piperidine rings is 1. The first kappa shape index (κ1) is 13.3. The summed E-state index contributed by atoms with van der Waals surface area (Å²) in [5, 5.41) is 3.38. The molecule has 0 aromatic carbocycles. The molecule has 1 fully saturated rings. The fourth-order valence-corrected chi connectivity index (χ4v) is 2.67. The van der Waals surface area contributed by atoms with Gasteiger partial charge in [-0.3, -0.25) is 0 Å². The van der Waals surface area contributed by atoms with Gasteiger partial charge in [0.2, 0.25) is 0 Å². The summed E-state index contributed by atoms with van der Waals surface area (Å²) in [7, 11) is 0. The van der Waals surface area contributed by atoms with Crippen molar-refractivity contribution in [1.82, 2.24) is 10.3 Å². The molecule has 0 spiro atoms. The maximum Gasteiger partial charge on any atom is 0.138 e. The zero-order valence-corrected chi connectivity index (χ0v) is 11.2. The van der Waals surface area contributed by atoms with Crippen molar-refractivity contribution in [3.8, 4) is 0 Å². The molecule has 0 aliphatic carbocycles. The van der Waals surface area contributed by atoms with E-state index in [1.165, 1.54) is 12.8 Å². The SMILES string of the molecule is Cc1cnc(N)c(C(C)(F)CC2CCCCN2)c1. The lowest BCUT2D eigenvalue weighted by Gasteiger charge is -2.30. The number of aryl methyl sites for hydroxylation is 1. The van der Waals surface area contributed by atoms with Crippen molar-refractivity contribution >= 4 is 5.82 Å². The first-order chi connectivity index (χ1) is 8.49. The molecule has 18 heavy (non-hydrogen) atoms. The Labute approximate surface area is 108 Å². The van der Waals surface area contributed by atoms with Gasteiger partial charge in [-0.2, -0.15) is 0 Å². The second-order valence-corrected chi connectivity index (χ2v) is 5.49. The molecule has 3 nitrogen and oxygen atoms in total. The first-order valence-electron chi connectivity index (χ1n) is 6.64. The van der Waals surface area contributed by atoms with Crippen molar-refractivity contribution in [2.45, 2.75) is 51.2 Å². The summed E-state index contributed by atoms with van der Waals surface area (Å²) < 4.78 is 14.9. The van der Waals surface area contributed by atoms with Gasteiger partial charge in [0.1, 0.15) is 11.5 Å². The normalized spacial score (nSPS) is 23.6. The first-order valence-corrected chi connectivity index (χ1v) is 6.64. The van der Waals surface area contributed by atoms with E-state index >= 15 is 0 Å². The van der Waals surface area contributed by atoms with Gasteiger partial charge in [0.25, 0.3) is 0 Å². The number of nitrogens with zero attached hydrogens (tertiary/aromatic N) is 1. The highest BCUT2D eigenvalue weighted by Crippen LogP contribution is 2.35. The van der Waals surface area contributed by atoms with E-state index in [1.807, 2.05) is 13.0 Å². The Kier molecular flexibility index (Phi) is 3.85. The molecule has 2 atom stereocenters. The third kappa shape index (κ3) is 2.99. The Morgan fingerprint density at radius 1 is 1.56 bits per heavy atom. The van der Waals surface area contributed by atoms with E-state index < -0.39 is 5.67 Å². The topological polar surface area (TPSA) is 50.9 Å². The molecule has 2 heterocycles. The number of nitrogen functional groups attached to an aromatic ring is 1. The fraction of sp³-hybridized carbons (Fsp3) is 0.643. The molecule has 0 amide bonds. The van der Waals surface area contributed by atoms with Gasteiger partial charge >= 0.3 is 0 Å². The van der Waals surface area contributed by atoms with Gasteiger partial charge in [-0.1, -0.05) is 6.42 Å². The number of nitrogens with one attached hydrogen (secondary N) is 1. The van der Waals surface area contributed by atoms with Gasteiger partial charge < -0.3 is 11.1 Å². The largest absolute Gasteiger partial charge is 0.383 e. The molecule has 4 heteroatoms. The van der Waals surface area contributed by atoms with Crippen LogP contribution >= 0.6 is 0 Å². The van der Waals surface area contributed by atoms with E-state index in [1.54, 1.807) is 13.1 Å². The standard InChI is InChI=1S/C14H22FN3/c1-10-7-12(13(16)18-9-10)14(2,15)8-11-5-3-4-6-17-11/h7,9,11,17H,3-6,8H2,1-2H3,(H2,16,18). The van der Waals surface area contributed by atoms with E-state index in [2.05, 4.69) is 10.3 Å². The smallest absolute Gasteiger partial charge is 0.138 e. The quantitative estimate of drug-likeness (QED) is 0.868. The summed E-state index contributed by atoms with van der Waals surface area (Å²) >= 11 is 0. The molecule has 3 N–H and O–H groups in total. The second-order valence-electron chi connectivity index (χ2n) is 5.49. The van der Waals surface area contributed by atoms with E-state index in [4.69, 9.17) is 5.73 Å². The van der Waals surface area contributed by atoms with E-state index in [9.17, 15) is 4.39 Å². The predicted octanol–water partition coefficient (Wildman–Crippen LogP) is 2.69. The summed E-state index contributed by atoms with van der Waals surface area (Å²) in [4.78, 5) is 4.06. The molecule has 0 bridgehead atoms. The molecule has 0 saturated carbocycles. The molecule has 1 saturated heterocycles. The van der Waals surface area contributed by atoms with Gasteiger partial charge in [0.15, 0.2) is 0 Å². The van der Waals surface area contributed by atoms with Crippen LogP contribution < -0.4 is 11.1 Å². The van der Waals surface area contributed by atoms with E-state index in [0.717, 1.165) is 18.5 Å². The van der Waals surface area contributed by atoms with Crippen LogP contribution in [-0.4, -0.2) is 17.6 Å². The highest BCUT2D eigenvalue weighted by Gasteiger charge is 2.32. The maximum atomic E-state index is 14.9. The number of anilines is 1. The van der Waals surface area contributed by atoms with Crippen LogP contribution in [0.2, 0.25) is 0 Å². The Bertz CT molecular complexity index is 412. The molecular weight excluding hydrogens is 229 g/mol. The summed E-state index contributed by atoms with van der Waals surface area (Å²) in [6.07, 6.45) is 5.54. The molecule has 0 radical (unpaired) electrons. The number of rotatable bonds is 3. The Morgan fingerprint density at radius 2 is 2.33 bits per heavy atom. The minimum absolute atomic E-state index is 0.244. The molecular formula is C14H22FN3. The number of halogens is 1. The minimum atomic E-state index is -1.42. The van der Waals surface area contributed by atoms with Crippen LogP contribution in [-0.2, 0) is 5.67 Å². The van der Waals surface area contributed by atoms with E-state index in [-0.39, 0.29) is 6.04 Å². The molecule has 1 aromatic heterocycles. The second kappa shape index (κ2) is 5.22. The third-order valence-electron chi connectivity index (χ3n) is 3.66. The van der Waals surface area contributed by atoms with Crippen LogP contribution in [0.4, 0.5) is 10.2 Å². The monoisotopic (exact) mass is 251 g/mol. The van der Waals surface area contributed by atoms with Crippen LogP contribution in [0.5, 0.6) is 0 Å². The van der Waals surface area contributed by atoms with Crippen LogP contribution in [0, 0.1) is 6.92 Å². The predicted molar refractivity (Wildman–Crippen MR) is 72.1 cm³/mol. The molecule has 1 aliphatic rings. The van der Waals surface area contributed by atoms with Crippen LogP contribution in [0.15, 0.2) is 12.3 Å². The van der Waals surface area contributed by atoms with Gasteiger partial charge in [-0.05, 0) is 44.9 Å². The fourth-order valence-electron chi connectivity index (χ4n) is 2.67. The molecule has 2 unspecified atom stereocenters. The summed E-state index contributed by atoms with van der Waals surface area (Å²) in [5.41, 5.74) is 5.86. The lowest BCUT2D eigenvalue weighted by atomic mass is 9.87. The average molecular weight is 251 g/mol. The van der Waals surface area contributed by atoms with Gasteiger partial charge in [-0.25, -0.2) is 9.37 Å². The average Bonchev–Trinajstić information content (AvgIpc) is 2.33. The Morgan fingerprint density at radius 3 is 3.00 bits per heavy atom. The summed E-state index contributed by atoms with van der Waals surface area (Å²) in [5.74, 6) is 0.307. The third-order valence-corrected chi connectivity index (χ3v) is 3.66. The number of hydrogen-bond donors (Lipinski definition) is 2. The Balaban J connectivity index is 2.15. The van der Waals surface area contributed by atoms with Crippen LogP contribution in [0.1, 0.15) is 43.7 Å². The lowest BCUT2D eigenvalue weighted by Crippen LogP contribution is -2.38. The van der Waals surface area contributed by atoms with Crippen molar-refractivity contribution in [1.29, 1.82) is 0 Å². The lowest BCUT2D eigenvalue weighted by molar-refractivity contribution is 0.146. The molecule has 1 aromatic rings. The number of aromatic nitrogens is 1. The minimum Gasteiger partial charge on any atom is -0.383 e. The van der Waals surface area contributed by atoms with Crippen molar-refractivity contribution in [2.75, 3.05) is 12.3 Å². The van der Waals surface area contributed by atoms with Crippen molar-refractivity contribution in [3.05, 3.63) is 23.4 Å². The number of nitrogens with two attached hydrogens (primary N) is 1. The van der Waals surface area contributed by atoms with E-state index in [0.29, 0.717) is 17.8 Å². The van der Waals surface area contributed by atoms with Crippen molar-refractivity contribution in [3.63, 3.8) is 0 Å². The van der Waals surface area contributed by atoms with Crippen LogP contribution in [0.3, 0.4) is 0 Å². The van der Waals surface area contributed by atoms with Gasteiger partial charge in [-0.15, -0.1) is 0 Å². The van der Waals surface area contributed by atoms with Crippen LogP contribution in [0.25, 0.3) is 0 Å². The Hall–Kier alpha value is -1.16. The number of alkyl halides is 1.